The third kappa shape index (κ3) is 3.50. The quantitative estimate of drug-likeness (QED) is 0.935. The summed E-state index contributed by atoms with van der Waals surface area (Å²) in [4.78, 5) is 22.5. The van der Waals surface area contributed by atoms with Crippen molar-refractivity contribution in [3.63, 3.8) is 0 Å². The number of imidazole rings is 1. The molecule has 7 nitrogen and oxygen atoms in total. The molecule has 0 aromatic carbocycles. The van der Waals surface area contributed by atoms with E-state index in [9.17, 15) is 4.79 Å². The zero-order chi connectivity index (χ0) is 16.9. The number of likely N-dealkylation sites (tertiary alicyclic amines) is 1. The lowest BCUT2D eigenvalue weighted by molar-refractivity contribution is 0.168. The standard InChI is InChI=1S/C17H23N5O2/c1-13(15-3-6-18-11-16(15)24-2)20-17(23)21-8-4-14(5-9-21)22-10-7-19-12-22/h3,6-7,10-14H,4-5,8-9H2,1-2H3,(H,20,23)/t13-/m1/s1. The number of methoxy groups -OCH3 is 1. The monoisotopic (exact) mass is 329 g/mol. The van der Waals surface area contributed by atoms with Gasteiger partial charge in [0, 0.05) is 43.3 Å². The van der Waals surface area contributed by atoms with Gasteiger partial charge in [0.25, 0.3) is 0 Å². The summed E-state index contributed by atoms with van der Waals surface area (Å²) in [7, 11) is 1.61. The molecule has 2 aromatic heterocycles. The molecule has 2 amide bonds. The first-order chi connectivity index (χ1) is 11.7. The number of carbonyl (C=O) groups is 1. The fraction of sp³-hybridized carbons (Fsp3) is 0.471. The third-order valence-electron chi connectivity index (χ3n) is 4.54. The maximum Gasteiger partial charge on any atom is 0.317 e. The van der Waals surface area contributed by atoms with E-state index in [1.165, 1.54) is 0 Å². The molecule has 0 aliphatic carbocycles. The second kappa shape index (κ2) is 7.33. The lowest BCUT2D eigenvalue weighted by Gasteiger charge is -2.33. The van der Waals surface area contributed by atoms with Crippen LogP contribution in [0.4, 0.5) is 4.79 Å². The molecule has 3 heterocycles. The van der Waals surface area contributed by atoms with Crippen molar-refractivity contribution in [3.05, 3.63) is 42.7 Å². The topological polar surface area (TPSA) is 72.3 Å². The summed E-state index contributed by atoms with van der Waals surface area (Å²) < 4.78 is 7.44. The number of ether oxygens (including phenoxy) is 1. The number of aromatic nitrogens is 3. The van der Waals surface area contributed by atoms with Crippen molar-refractivity contribution in [1.82, 2.24) is 24.8 Å². The van der Waals surface area contributed by atoms with E-state index in [0.29, 0.717) is 11.8 Å². The van der Waals surface area contributed by atoms with Gasteiger partial charge in [-0.2, -0.15) is 0 Å². The number of carbonyl (C=O) groups excluding carboxylic acids is 1. The molecular weight excluding hydrogens is 306 g/mol. The fourth-order valence-electron chi connectivity index (χ4n) is 3.13. The van der Waals surface area contributed by atoms with Crippen molar-refractivity contribution < 1.29 is 9.53 Å². The average molecular weight is 329 g/mol. The summed E-state index contributed by atoms with van der Waals surface area (Å²) in [6.45, 7) is 3.44. The molecule has 0 bridgehead atoms. The van der Waals surface area contributed by atoms with Crippen LogP contribution in [0, 0.1) is 0 Å². The van der Waals surface area contributed by atoms with Gasteiger partial charge in [-0.05, 0) is 25.8 Å². The molecule has 2 aromatic rings. The van der Waals surface area contributed by atoms with Gasteiger partial charge in [-0.15, -0.1) is 0 Å². The Labute approximate surface area is 141 Å². The molecule has 128 valence electrons. The minimum absolute atomic E-state index is 0.0366. The maximum atomic E-state index is 12.5. The second-order valence-corrected chi connectivity index (χ2v) is 6.02. The molecule has 1 atom stereocenters. The van der Waals surface area contributed by atoms with Crippen molar-refractivity contribution in [2.24, 2.45) is 0 Å². The number of hydrogen-bond donors (Lipinski definition) is 1. The van der Waals surface area contributed by atoms with Gasteiger partial charge in [0.2, 0.25) is 0 Å². The Morgan fingerprint density at radius 1 is 1.33 bits per heavy atom. The minimum Gasteiger partial charge on any atom is -0.495 e. The normalized spacial score (nSPS) is 16.7. The van der Waals surface area contributed by atoms with Crippen molar-refractivity contribution in [2.75, 3.05) is 20.2 Å². The van der Waals surface area contributed by atoms with Gasteiger partial charge in [0.15, 0.2) is 0 Å². The smallest absolute Gasteiger partial charge is 0.317 e. The summed E-state index contributed by atoms with van der Waals surface area (Å²) in [5.41, 5.74) is 0.925. The molecule has 1 N–H and O–H groups in total. The largest absolute Gasteiger partial charge is 0.495 e. The molecule has 0 radical (unpaired) electrons. The average Bonchev–Trinajstić information content (AvgIpc) is 3.16. The first-order valence-electron chi connectivity index (χ1n) is 8.20. The van der Waals surface area contributed by atoms with Crippen molar-refractivity contribution >= 4 is 6.03 Å². The number of nitrogens with zero attached hydrogens (tertiary/aromatic N) is 4. The maximum absolute atomic E-state index is 12.5. The molecule has 3 rings (SSSR count). The van der Waals surface area contributed by atoms with Gasteiger partial charge in [-0.25, -0.2) is 9.78 Å². The van der Waals surface area contributed by atoms with Crippen LogP contribution in [0.2, 0.25) is 0 Å². The third-order valence-corrected chi connectivity index (χ3v) is 4.54. The van der Waals surface area contributed by atoms with E-state index < -0.39 is 0 Å². The highest BCUT2D eigenvalue weighted by molar-refractivity contribution is 5.75. The summed E-state index contributed by atoms with van der Waals surface area (Å²) in [5.74, 6) is 0.684. The highest BCUT2D eigenvalue weighted by Crippen LogP contribution is 2.25. The molecule has 24 heavy (non-hydrogen) atoms. The van der Waals surface area contributed by atoms with Crippen LogP contribution in [0.15, 0.2) is 37.2 Å². The van der Waals surface area contributed by atoms with Crippen LogP contribution in [0.1, 0.15) is 37.4 Å². The predicted molar refractivity (Wildman–Crippen MR) is 89.8 cm³/mol. The predicted octanol–water partition coefficient (Wildman–Crippen LogP) is 2.39. The van der Waals surface area contributed by atoms with E-state index in [1.54, 1.807) is 25.7 Å². The summed E-state index contributed by atoms with van der Waals surface area (Å²) in [6.07, 6.45) is 10.9. The highest BCUT2D eigenvalue weighted by Gasteiger charge is 2.25. The number of rotatable bonds is 4. The van der Waals surface area contributed by atoms with Gasteiger partial charge in [0.1, 0.15) is 5.75 Å². The number of amides is 2. The fourth-order valence-corrected chi connectivity index (χ4v) is 3.13. The van der Waals surface area contributed by atoms with Gasteiger partial charge in [-0.3, -0.25) is 4.98 Å². The van der Waals surface area contributed by atoms with Crippen LogP contribution in [-0.4, -0.2) is 45.7 Å². The molecule has 7 heteroatoms. The Morgan fingerprint density at radius 2 is 2.12 bits per heavy atom. The molecule has 0 spiro atoms. The zero-order valence-electron chi connectivity index (χ0n) is 14.1. The summed E-state index contributed by atoms with van der Waals surface area (Å²) >= 11 is 0. The molecule has 1 saturated heterocycles. The first-order valence-corrected chi connectivity index (χ1v) is 8.20. The van der Waals surface area contributed by atoms with Gasteiger partial charge >= 0.3 is 6.03 Å². The van der Waals surface area contributed by atoms with Crippen molar-refractivity contribution in [3.8, 4) is 5.75 Å². The van der Waals surface area contributed by atoms with Crippen molar-refractivity contribution in [1.29, 1.82) is 0 Å². The number of piperidine rings is 1. The van der Waals surface area contributed by atoms with Crippen molar-refractivity contribution in [2.45, 2.75) is 31.8 Å². The van der Waals surface area contributed by atoms with Crippen LogP contribution in [0.3, 0.4) is 0 Å². The number of urea groups is 1. The Bertz CT molecular complexity index is 665. The molecule has 1 fully saturated rings. The van der Waals surface area contributed by atoms with E-state index >= 15 is 0 Å². The lowest BCUT2D eigenvalue weighted by atomic mass is 10.1. The van der Waals surface area contributed by atoms with Crippen LogP contribution >= 0.6 is 0 Å². The van der Waals surface area contributed by atoms with E-state index in [1.807, 2.05) is 30.4 Å². The number of hydrogen-bond acceptors (Lipinski definition) is 4. The van der Waals surface area contributed by atoms with E-state index in [4.69, 9.17) is 4.74 Å². The summed E-state index contributed by atoms with van der Waals surface area (Å²) in [6, 6.07) is 2.12. The summed E-state index contributed by atoms with van der Waals surface area (Å²) in [5, 5.41) is 3.05. The van der Waals surface area contributed by atoms with E-state index in [-0.39, 0.29) is 12.1 Å². The molecule has 0 saturated carbocycles. The Hall–Kier alpha value is -2.57. The molecule has 0 unspecified atom stereocenters. The molecular formula is C17H23N5O2. The number of pyridine rings is 1. The lowest BCUT2D eigenvalue weighted by Crippen LogP contribution is -2.45. The molecule has 1 aliphatic rings. The first kappa shape index (κ1) is 16.3. The van der Waals surface area contributed by atoms with Crippen LogP contribution in [0.5, 0.6) is 5.75 Å². The van der Waals surface area contributed by atoms with Gasteiger partial charge in [0.05, 0.1) is 25.7 Å². The second-order valence-electron chi connectivity index (χ2n) is 6.02. The van der Waals surface area contributed by atoms with Crippen LogP contribution < -0.4 is 10.1 Å². The van der Waals surface area contributed by atoms with Gasteiger partial charge in [-0.1, -0.05) is 0 Å². The Balaban J connectivity index is 1.56. The van der Waals surface area contributed by atoms with Gasteiger partial charge < -0.3 is 19.5 Å². The van der Waals surface area contributed by atoms with E-state index in [0.717, 1.165) is 31.5 Å². The highest BCUT2D eigenvalue weighted by atomic mass is 16.5. The Kier molecular flexibility index (Phi) is 4.98. The SMILES string of the molecule is COc1cnccc1[C@@H](C)NC(=O)N1CCC(n2ccnc2)CC1. The zero-order valence-corrected chi connectivity index (χ0v) is 14.1. The minimum atomic E-state index is -0.137. The van der Waals surface area contributed by atoms with Crippen LogP contribution in [0.25, 0.3) is 0 Å². The van der Waals surface area contributed by atoms with E-state index in [2.05, 4.69) is 19.9 Å². The molecule has 1 aliphatic heterocycles. The number of nitrogens with one attached hydrogen (secondary N) is 1. The Morgan fingerprint density at radius 3 is 2.79 bits per heavy atom. The van der Waals surface area contributed by atoms with Crippen LogP contribution in [-0.2, 0) is 0 Å².